The Kier molecular flexibility index (Phi) is 6.02. The van der Waals surface area contributed by atoms with Gasteiger partial charge in [0.05, 0.1) is 19.0 Å². The maximum atomic E-state index is 10.9. The molecular formula is C16H25NO5S. The second-order valence-corrected chi connectivity index (χ2v) is 7.68. The van der Waals surface area contributed by atoms with Crippen LogP contribution in [0.2, 0.25) is 0 Å². The van der Waals surface area contributed by atoms with E-state index in [0.29, 0.717) is 18.7 Å². The lowest BCUT2D eigenvalue weighted by atomic mass is 9.85. The number of aliphatic hydroxyl groups is 1. The summed E-state index contributed by atoms with van der Waals surface area (Å²) in [6.45, 7) is 0.431. The van der Waals surface area contributed by atoms with Crippen LogP contribution in [-0.2, 0) is 10.1 Å². The van der Waals surface area contributed by atoms with Gasteiger partial charge < -0.3 is 15.2 Å². The number of hydrogen-bond donors (Lipinski definition) is 3. The predicted octanol–water partition coefficient (Wildman–Crippen LogP) is 1.91. The number of benzene rings is 1. The second kappa shape index (κ2) is 7.61. The zero-order valence-electron chi connectivity index (χ0n) is 13.4. The van der Waals surface area contributed by atoms with Gasteiger partial charge in [-0.05, 0) is 43.5 Å². The number of methoxy groups -OCH3 is 1. The summed E-state index contributed by atoms with van der Waals surface area (Å²) in [4.78, 5) is 0. The van der Waals surface area contributed by atoms with Gasteiger partial charge in [-0.25, -0.2) is 0 Å². The van der Waals surface area contributed by atoms with Crippen LogP contribution < -0.4 is 10.1 Å². The molecule has 0 bridgehead atoms. The minimum atomic E-state index is -3.94. The summed E-state index contributed by atoms with van der Waals surface area (Å²) in [5, 5.41) is 14.2. The molecule has 130 valence electrons. The lowest BCUT2D eigenvalue weighted by molar-refractivity contribution is 0.0614. The summed E-state index contributed by atoms with van der Waals surface area (Å²) < 4.78 is 35.6. The largest absolute Gasteiger partial charge is 0.497 e. The molecule has 0 heterocycles. The smallest absolute Gasteiger partial charge is 0.264 e. The van der Waals surface area contributed by atoms with E-state index in [-0.39, 0.29) is 5.75 Å². The van der Waals surface area contributed by atoms with Gasteiger partial charge in [-0.3, -0.25) is 4.55 Å². The highest BCUT2D eigenvalue weighted by atomic mass is 32.2. The van der Waals surface area contributed by atoms with E-state index in [4.69, 9.17) is 9.29 Å². The highest BCUT2D eigenvalue weighted by Gasteiger charge is 2.40. The van der Waals surface area contributed by atoms with Crippen LogP contribution in [0.3, 0.4) is 0 Å². The fraction of sp³-hybridized carbons (Fsp3) is 0.625. The maximum absolute atomic E-state index is 10.9. The first kappa shape index (κ1) is 18.2. The van der Waals surface area contributed by atoms with Gasteiger partial charge in [-0.2, -0.15) is 8.42 Å². The first-order chi connectivity index (χ1) is 10.9. The number of aliphatic hydroxyl groups excluding tert-OH is 1. The van der Waals surface area contributed by atoms with Gasteiger partial charge >= 0.3 is 0 Å². The molecule has 1 aliphatic rings. The molecule has 1 unspecified atom stereocenters. The van der Waals surface area contributed by atoms with E-state index < -0.39 is 21.8 Å². The average Bonchev–Trinajstić information content (AvgIpc) is 3.00. The predicted molar refractivity (Wildman–Crippen MR) is 88.2 cm³/mol. The quantitative estimate of drug-likeness (QED) is 0.493. The molecule has 3 N–H and O–H groups in total. The molecule has 1 atom stereocenters. The van der Waals surface area contributed by atoms with E-state index in [1.54, 1.807) is 7.11 Å². The SMILES string of the molecule is COc1cccc(C(O)C2(NCCCS(=O)(=O)O)CCCC2)c1. The van der Waals surface area contributed by atoms with E-state index in [9.17, 15) is 13.5 Å². The van der Waals surface area contributed by atoms with Crippen molar-refractivity contribution in [1.82, 2.24) is 5.32 Å². The molecular weight excluding hydrogens is 318 g/mol. The zero-order chi connectivity index (χ0) is 16.9. The summed E-state index contributed by atoms with van der Waals surface area (Å²) in [7, 11) is -2.35. The molecule has 0 spiro atoms. The van der Waals surface area contributed by atoms with Crippen LogP contribution in [0, 0.1) is 0 Å². The van der Waals surface area contributed by atoms with Crippen molar-refractivity contribution in [3.63, 3.8) is 0 Å². The molecule has 7 heteroatoms. The first-order valence-electron chi connectivity index (χ1n) is 7.88. The van der Waals surface area contributed by atoms with E-state index in [0.717, 1.165) is 31.2 Å². The van der Waals surface area contributed by atoms with Gasteiger partial charge in [0.15, 0.2) is 0 Å². The van der Waals surface area contributed by atoms with Crippen LogP contribution in [0.5, 0.6) is 5.75 Å². The molecule has 0 amide bonds. The second-order valence-electron chi connectivity index (χ2n) is 6.11. The summed E-state index contributed by atoms with van der Waals surface area (Å²) >= 11 is 0. The third-order valence-electron chi connectivity index (χ3n) is 4.48. The lowest BCUT2D eigenvalue weighted by Crippen LogP contribution is -2.48. The van der Waals surface area contributed by atoms with Gasteiger partial charge in [-0.1, -0.05) is 25.0 Å². The van der Waals surface area contributed by atoms with Gasteiger partial charge in [0, 0.05) is 5.54 Å². The van der Waals surface area contributed by atoms with Crippen LogP contribution in [0.15, 0.2) is 24.3 Å². The van der Waals surface area contributed by atoms with Crippen molar-refractivity contribution in [3.8, 4) is 5.75 Å². The summed E-state index contributed by atoms with van der Waals surface area (Å²) in [6, 6.07) is 7.37. The van der Waals surface area contributed by atoms with Crippen molar-refractivity contribution in [2.75, 3.05) is 19.4 Å². The molecule has 23 heavy (non-hydrogen) atoms. The fourth-order valence-electron chi connectivity index (χ4n) is 3.28. The average molecular weight is 343 g/mol. The Hall–Kier alpha value is -1.15. The normalized spacial score (nSPS) is 18.7. The van der Waals surface area contributed by atoms with Crippen molar-refractivity contribution in [2.45, 2.75) is 43.7 Å². The topological polar surface area (TPSA) is 95.9 Å². The molecule has 0 saturated heterocycles. The van der Waals surface area contributed by atoms with Crippen LogP contribution in [0.4, 0.5) is 0 Å². The molecule has 1 fully saturated rings. The molecule has 1 aromatic rings. The van der Waals surface area contributed by atoms with Gasteiger partial charge in [0.2, 0.25) is 0 Å². The Bertz CT molecular complexity index is 611. The highest BCUT2D eigenvalue weighted by molar-refractivity contribution is 7.85. The highest BCUT2D eigenvalue weighted by Crippen LogP contribution is 2.40. The van der Waals surface area contributed by atoms with Gasteiger partial charge in [0.1, 0.15) is 5.75 Å². The van der Waals surface area contributed by atoms with Crippen molar-refractivity contribution in [3.05, 3.63) is 29.8 Å². The molecule has 6 nitrogen and oxygen atoms in total. The van der Waals surface area contributed by atoms with E-state index in [1.165, 1.54) is 0 Å². The van der Waals surface area contributed by atoms with Crippen LogP contribution in [0.25, 0.3) is 0 Å². The molecule has 1 aliphatic carbocycles. The molecule has 0 radical (unpaired) electrons. The van der Waals surface area contributed by atoms with Crippen LogP contribution in [-0.4, -0.2) is 43.0 Å². The lowest BCUT2D eigenvalue weighted by Gasteiger charge is -2.36. The standard InChI is InChI=1S/C16H25NO5S/c1-22-14-7-4-6-13(12-14)15(18)16(8-2-3-9-16)17-10-5-11-23(19,20)21/h4,6-7,12,15,17-18H,2-3,5,8-11H2,1H3,(H,19,20,21). The number of hydrogen-bond acceptors (Lipinski definition) is 5. The molecule has 1 saturated carbocycles. The number of ether oxygens (including phenoxy) is 1. The van der Waals surface area contributed by atoms with Crippen molar-refractivity contribution < 1.29 is 22.8 Å². The van der Waals surface area contributed by atoms with Crippen LogP contribution in [0.1, 0.15) is 43.8 Å². The van der Waals surface area contributed by atoms with Crippen molar-refractivity contribution in [1.29, 1.82) is 0 Å². The molecule has 2 rings (SSSR count). The molecule has 1 aromatic carbocycles. The minimum Gasteiger partial charge on any atom is -0.497 e. The minimum absolute atomic E-state index is 0.272. The number of rotatable bonds is 8. The van der Waals surface area contributed by atoms with Gasteiger partial charge in [-0.15, -0.1) is 0 Å². The van der Waals surface area contributed by atoms with Crippen molar-refractivity contribution in [2.24, 2.45) is 0 Å². The third kappa shape index (κ3) is 4.91. The Morgan fingerprint density at radius 1 is 1.35 bits per heavy atom. The number of nitrogens with one attached hydrogen (secondary N) is 1. The van der Waals surface area contributed by atoms with E-state index >= 15 is 0 Å². The summed E-state index contributed by atoms with van der Waals surface area (Å²) in [5.74, 6) is 0.423. The van der Waals surface area contributed by atoms with Crippen LogP contribution >= 0.6 is 0 Å². The summed E-state index contributed by atoms with van der Waals surface area (Å²) in [5.41, 5.74) is 0.333. The summed E-state index contributed by atoms with van der Waals surface area (Å²) in [6.07, 6.45) is 3.32. The third-order valence-corrected chi connectivity index (χ3v) is 5.29. The fourth-order valence-corrected chi connectivity index (χ4v) is 3.78. The Labute approximate surface area is 137 Å². The van der Waals surface area contributed by atoms with E-state index in [2.05, 4.69) is 5.32 Å². The monoisotopic (exact) mass is 343 g/mol. The molecule has 0 aromatic heterocycles. The van der Waals surface area contributed by atoms with Gasteiger partial charge in [0.25, 0.3) is 10.1 Å². The Morgan fingerprint density at radius 2 is 2.04 bits per heavy atom. The van der Waals surface area contributed by atoms with E-state index in [1.807, 2.05) is 24.3 Å². The Balaban J connectivity index is 2.06. The first-order valence-corrected chi connectivity index (χ1v) is 9.49. The molecule has 0 aliphatic heterocycles. The Morgan fingerprint density at radius 3 is 2.65 bits per heavy atom. The zero-order valence-corrected chi connectivity index (χ0v) is 14.2. The van der Waals surface area contributed by atoms with Crippen molar-refractivity contribution >= 4 is 10.1 Å². The maximum Gasteiger partial charge on any atom is 0.264 e.